The summed E-state index contributed by atoms with van der Waals surface area (Å²) in [6, 6.07) is 3.66. The molecule has 1 fully saturated rings. The van der Waals surface area contributed by atoms with Crippen LogP contribution >= 0.6 is 11.8 Å². The van der Waals surface area contributed by atoms with Gasteiger partial charge in [0, 0.05) is 24.8 Å². The zero-order valence-corrected chi connectivity index (χ0v) is 14.7. The molecule has 0 bridgehead atoms. The third-order valence-corrected chi connectivity index (χ3v) is 4.38. The molecule has 142 valence electrons. The summed E-state index contributed by atoms with van der Waals surface area (Å²) in [4.78, 5) is 37.4. The number of nitrogens with zero attached hydrogens (tertiary/aromatic N) is 3. The zero-order chi connectivity index (χ0) is 19.6. The lowest BCUT2D eigenvalue weighted by atomic mass is 10.1. The van der Waals surface area contributed by atoms with E-state index in [-0.39, 0.29) is 48.1 Å². The van der Waals surface area contributed by atoms with Gasteiger partial charge in [0.25, 0.3) is 5.91 Å². The fraction of sp³-hybridized carbons (Fsp3) is 0.312. The summed E-state index contributed by atoms with van der Waals surface area (Å²) in [6.07, 6.45) is 0.254. The molecule has 0 aliphatic carbocycles. The molecule has 4 N–H and O–H groups in total. The Morgan fingerprint density at radius 3 is 2.81 bits per heavy atom. The van der Waals surface area contributed by atoms with Gasteiger partial charge in [-0.1, -0.05) is 6.07 Å². The summed E-state index contributed by atoms with van der Waals surface area (Å²) < 4.78 is 1.05. The molecule has 0 saturated carbocycles. The van der Waals surface area contributed by atoms with E-state index in [1.807, 2.05) is 0 Å². The van der Waals surface area contributed by atoms with Crippen molar-refractivity contribution in [2.75, 3.05) is 6.54 Å². The molecule has 1 aromatic heterocycles. The van der Waals surface area contributed by atoms with Gasteiger partial charge in [0.1, 0.15) is 6.04 Å². The Bertz CT molecular complexity index is 954. The van der Waals surface area contributed by atoms with E-state index in [4.69, 9.17) is 11.8 Å². The van der Waals surface area contributed by atoms with Gasteiger partial charge < -0.3 is 10.2 Å². The van der Waals surface area contributed by atoms with E-state index < -0.39 is 29.6 Å². The van der Waals surface area contributed by atoms with Crippen LogP contribution in [0.25, 0.3) is 10.8 Å². The maximum atomic E-state index is 12.1. The molecule has 1 unspecified atom stereocenters. The second-order valence-electron chi connectivity index (χ2n) is 5.91. The number of carbonyl (C=O) groups excluding carboxylic acids is 3. The molecule has 0 spiro atoms. The van der Waals surface area contributed by atoms with Crippen molar-refractivity contribution >= 4 is 46.0 Å². The molecule has 3 rings (SSSR count). The second-order valence-corrected chi connectivity index (χ2v) is 6.18. The van der Waals surface area contributed by atoms with Gasteiger partial charge >= 0.3 is 0 Å². The van der Waals surface area contributed by atoms with Crippen LogP contribution in [0.1, 0.15) is 25.3 Å². The van der Waals surface area contributed by atoms with E-state index in [2.05, 4.69) is 20.4 Å². The molecule has 10 nitrogen and oxygen atoms in total. The predicted octanol–water partition coefficient (Wildman–Crippen LogP) is 1.77. The molecule has 1 aromatic carbocycles. The smallest absolute Gasteiger partial charge is 0.266 e. The normalized spacial score (nSPS) is 17.6. The summed E-state index contributed by atoms with van der Waals surface area (Å²) in [7, 11) is 0. The van der Waals surface area contributed by atoms with Crippen LogP contribution in [-0.2, 0) is 14.4 Å². The number of benzene rings is 1. The average molecular weight is 394 g/mol. The highest BCUT2D eigenvalue weighted by Gasteiger charge is 2.33. The number of nitrogens with one attached hydrogen (secondary N) is 2. The lowest BCUT2D eigenvalue weighted by Crippen LogP contribution is -2.41. The third kappa shape index (κ3) is 3.62. The first-order valence-electron chi connectivity index (χ1n) is 8.10. The van der Waals surface area contributed by atoms with Crippen molar-refractivity contribution in [3.05, 3.63) is 18.2 Å². The van der Waals surface area contributed by atoms with Gasteiger partial charge in [0.15, 0.2) is 0 Å². The molecule has 11 heteroatoms. The van der Waals surface area contributed by atoms with Gasteiger partial charge in [0.05, 0.1) is 11.1 Å². The summed E-state index contributed by atoms with van der Waals surface area (Å²) in [5.41, 5.74) is 0.151. The summed E-state index contributed by atoms with van der Waals surface area (Å²) in [5, 5.41) is 31.1. The van der Waals surface area contributed by atoms with Crippen molar-refractivity contribution < 1.29 is 24.6 Å². The number of hydrogen-bond acceptors (Lipinski definition) is 7. The fourth-order valence-electron chi connectivity index (χ4n) is 2.93. The van der Waals surface area contributed by atoms with Crippen LogP contribution in [0.4, 0.5) is 5.69 Å². The number of carbonyl (C=O) groups is 3. The van der Waals surface area contributed by atoms with Crippen molar-refractivity contribution in [2.24, 2.45) is 10.2 Å². The van der Waals surface area contributed by atoms with Crippen LogP contribution in [0.5, 0.6) is 11.8 Å². The Morgan fingerprint density at radius 2 is 2.11 bits per heavy atom. The quantitative estimate of drug-likeness (QED) is 0.346. The van der Waals surface area contributed by atoms with Crippen molar-refractivity contribution in [2.45, 2.75) is 25.3 Å². The number of fused-ring (bicyclic) bond motifs is 1. The molecular weight excluding hydrogens is 378 g/mol. The molecule has 1 aliphatic heterocycles. The minimum Gasteiger partial charge on any atom is -0.494 e. The van der Waals surface area contributed by atoms with E-state index in [0.29, 0.717) is 0 Å². The lowest BCUT2D eigenvalue weighted by molar-refractivity contribution is -0.136. The molecule has 1 atom stereocenters. The van der Waals surface area contributed by atoms with Crippen molar-refractivity contribution in [3.63, 3.8) is 0 Å². The maximum Gasteiger partial charge on any atom is 0.266 e. The molecule has 1 saturated heterocycles. The summed E-state index contributed by atoms with van der Waals surface area (Å²) >= 11 is 5.28. The van der Waals surface area contributed by atoms with E-state index in [0.717, 1.165) is 4.57 Å². The third-order valence-electron chi connectivity index (χ3n) is 4.19. The number of hydrogen-bond donors (Lipinski definition) is 4. The van der Waals surface area contributed by atoms with Crippen molar-refractivity contribution in [1.29, 1.82) is 0 Å². The van der Waals surface area contributed by atoms with Gasteiger partial charge in [-0.2, -0.15) is 0 Å². The highest BCUT2D eigenvalue weighted by molar-refractivity contribution is 6.13. The Balaban J connectivity index is 2.02. The first-order valence-corrected chi connectivity index (χ1v) is 8.48. The van der Waals surface area contributed by atoms with E-state index >= 15 is 0 Å². The molecule has 0 radical (unpaired) electrons. The van der Waals surface area contributed by atoms with Gasteiger partial charge in [-0.25, -0.2) is 4.84 Å². The van der Waals surface area contributed by atoms with Crippen molar-refractivity contribution in [3.8, 4) is 11.8 Å². The number of azo groups is 1. The first-order chi connectivity index (χ1) is 12.9. The number of rotatable bonds is 5. The number of piperidine rings is 1. The molecule has 3 amide bonds. The number of aromatic hydroxyl groups is 2. The average Bonchev–Trinajstić information content (AvgIpc) is 2.90. The zero-order valence-electron chi connectivity index (χ0n) is 14.0. The van der Waals surface area contributed by atoms with E-state index in [1.54, 1.807) is 6.07 Å². The molecule has 27 heavy (non-hydrogen) atoms. The maximum absolute atomic E-state index is 12.1. The van der Waals surface area contributed by atoms with E-state index in [9.17, 15) is 24.6 Å². The van der Waals surface area contributed by atoms with Crippen LogP contribution in [0, 0.1) is 0 Å². The number of halogens is 1. The van der Waals surface area contributed by atoms with Gasteiger partial charge in [-0.15, -0.1) is 10.2 Å². The van der Waals surface area contributed by atoms with Crippen LogP contribution in [0.15, 0.2) is 28.4 Å². The number of imide groups is 1. The largest absolute Gasteiger partial charge is 0.494 e. The minimum absolute atomic E-state index is 0.0392. The van der Waals surface area contributed by atoms with Crippen LogP contribution in [0.3, 0.4) is 0 Å². The topological polar surface area (TPSA) is 145 Å². The van der Waals surface area contributed by atoms with E-state index in [1.165, 1.54) is 12.1 Å². The minimum atomic E-state index is -0.948. The molecule has 2 heterocycles. The highest BCUT2D eigenvalue weighted by Crippen LogP contribution is 2.44. The lowest BCUT2D eigenvalue weighted by Gasteiger charge is -2.23. The highest BCUT2D eigenvalue weighted by atomic mass is 35.5. The Labute approximate surface area is 157 Å². The van der Waals surface area contributed by atoms with Crippen LogP contribution in [0.2, 0.25) is 0 Å². The summed E-state index contributed by atoms with van der Waals surface area (Å²) in [5.74, 6) is -2.29. The first kappa shape index (κ1) is 18.8. The molecule has 2 aromatic rings. The SMILES string of the molecule is O=C(CCNCl)N=Nc1cccc2c(O)n(C3CCC(=O)NC3=O)c(O)c12. The number of amides is 3. The number of aromatic nitrogens is 1. The van der Waals surface area contributed by atoms with Crippen molar-refractivity contribution in [1.82, 2.24) is 14.7 Å². The van der Waals surface area contributed by atoms with Crippen LogP contribution in [-0.4, -0.2) is 39.0 Å². The standard InChI is InChI=1S/C16H16ClN5O5/c17-18-7-6-12(24)21-20-9-3-1-2-8-13(9)16(27)22(15(8)26)10-4-5-11(23)19-14(10)25/h1-3,10,18,26-27H,4-7H2,(H,19,23,25). The van der Waals surface area contributed by atoms with Gasteiger partial charge in [0.2, 0.25) is 23.6 Å². The fourth-order valence-corrected chi connectivity index (χ4v) is 3.03. The van der Waals surface area contributed by atoms with Gasteiger partial charge in [-0.05, 0) is 30.3 Å². The predicted molar refractivity (Wildman–Crippen MR) is 94.7 cm³/mol. The Kier molecular flexibility index (Phi) is 5.38. The second kappa shape index (κ2) is 7.72. The Hall–Kier alpha value is -2.98. The van der Waals surface area contributed by atoms with Crippen LogP contribution < -0.4 is 10.2 Å². The monoisotopic (exact) mass is 393 g/mol. The Morgan fingerprint density at radius 1 is 1.33 bits per heavy atom. The summed E-state index contributed by atoms with van der Waals surface area (Å²) in [6.45, 7) is 0.224. The van der Waals surface area contributed by atoms with Gasteiger partial charge in [-0.3, -0.25) is 24.3 Å². The molecule has 1 aliphatic rings. The molecular formula is C16H16ClN5O5.